The number of hydrogen-bond acceptors (Lipinski definition) is 3. The van der Waals surface area contributed by atoms with Crippen LogP contribution >= 0.6 is 0 Å². The first-order valence-corrected chi connectivity index (χ1v) is 5.77. The Morgan fingerprint density at radius 2 is 1.76 bits per heavy atom. The van der Waals surface area contributed by atoms with Gasteiger partial charge in [0.25, 0.3) is 0 Å². The zero-order valence-electron chi connectivity index (χ0n) is 12.1. The van der Waals surface area contributed by atoms with Crippen molar-refractivity contribution in [3.63, 3.8) is 0 Å². The van der Waals surface area contributed by atoms with Crippen LogP contribution in [0.1, 0.15) is 27.2 Å². The largest absolute Gasteiger partial charge is 0.400 e. The standard InChI is InChI=1S/C12H21N.2CH4O/c1-6-9-12(13-5)11(8-3)10(4)7-2;2*1-2/h6,8-10,13H,3,7H2,1-2,4-5H3;2*2H,1H3/b9-6-,12-11-;;. The molecule has 3 N–H and O–H groups in total. The zero-order valence-corrected chi connectivity index (χ0v) is 12.1. The minimum atomic E-state index is 0.566. The molecule has 0 aliphatic carbocycles. The van der Waals surface area contributed by atoms with E-state index in [0.29, 0.717) is 5.92 Å². The van der Waals surface area contributed by atoms with Crippen molar-refractivity contribution < 1.29 is 10.2 Å². The first-order chi connectivity index (χ1) is 8.21. The van der Waals surface area contributed by atoms with Crippen LogP contribution in [0.2, 0.25) is 0 Å². The smallest absolute Gasteiger partial charge is 0.0369 e. The predicted molar refractivity (Wildman–Crippen MR) is 76.8 cm³/mol. The van der Waals surface area contributed by atoms with Crippen LogP contribution < -0.4 is 5.32 Å². The van der Waals surface area contributed by atoms with E-state index in [1.807, 2.05) is 26.1 Å². The molecule has 17 heavy (non-hydrogen) atoms. The van der Waals surface area contributed by atoms with E-state index in [-0.39, 0.29) is 0 Å². The average Bonchev–Trinajstić information content (AvgIpc) is 2.42. The Bertz CT molecular complexity index is 220. The maximum atomic E-state index is 7.00. The second-order valence-corrected chi connectivity index (χ2v) is 3.13. The summed E-state index contributed by atoms with van der Waals surface area (Å²) in [6, 6.07) is 0. The third-order valence-corrected chi connectivity index (χ3v) is 2.28. The van der Waals surface area contributed by atoms with Gasteiger partial charge in [0.05, 0.1) is 0 Å². The van der Waals surface area contributed by atoms with E-state index in [1.54, 1.807) is 0 Å². The number of nitrogens with one attached hydrogen (secondary N) is 1. The van der Waals surface area contributed by atoms with Crippen molar-refractivity contribution in [3.8, 4) is 0 Å². The van der Waals surface area contributed by atoms with Crippen molar-refractivity contribution >= 4 is 0 Å². The minimum Gasteiger partial charge on any atom is -0.400 e. The van der Waals surface area contributed by atoms with Crippen molar-refractivity contribution in [2.75, 3.05) is 21.3 Å². The lowest BCUT2D eigenvalue weighted by atomic mass is 9.96. The molecule has 0 saturated heterocycles. The molecule has 0 aliphatic heterocycles. The maximum absolute atomic E-state index is 7.00. The summed E-state index contributed by atoms with van der Waals surface area (Å²) in [4.78, 5) is 0. The second-order valence-electron chi connectivity index (χ2n) is 3.13. The lowest BCUT2D eigenvalue weighted by Gasteiger charge is -2.14. The van der Waals surface area contributed by atoms with Crippen molar-refractivity contribution in [3.05, 3.63) is 36.1 Å². The molecular formula is C14H29NO2. The monoisotopic (exact) mass is 243 g/mol. The Kier molecular flexibility index (Phi) is 21.7. The Labute approximate surface area is 107 Å². The van der Waals surface area contributed by atoms with Gasteiger partial charge in [-0.05, 0) is 30.9 Å². The highest BCUT2D eigenvalue weighted by Crippen LogP contribution is 2.18. The van der Waals surface area contributed by atoms with E-state index in [9.17, 15) is 0 Å². The lowest BCUT2D eigenvalue weighted by molar-refractivity contribution is 0.399. The van der Waals surface area contributed by atoms with E-state index in [0.717, 1.165) is 20.6 Å². The second kappa shape index (κ2) is 17.3. The van der Waals surface area contributed by atoms with E-state index in [4.69, 9.17) is 10.2 Å². The summed E-state index contributed by atoms with van der Waals surface area (Å²) < 4.78 is 0. The molecule has 0 saturated carbocycles. The number of aliphatic hydroxyl groups excluding tert-OH is 2. The average molecular weight is 243 g/mol. The van der Waals surface area contributed by atoms with Crippen LogP contribution in [-0.2, 0) is 0 Å². The molecule has 0 aromatic heterocycles. The Morgan fingerprint density at radius 1 is 1.29 bits per heavy atom. The van der Waals surface area contributed by atoms with Crippen LogP contribution in [0, 0.1) is 5.92 Å². The number of allylic oxidation sites excluding steroid dienone is 4. The van der Waals surface area contributed by atoms with Gasteiger partial charge >= 0.3 is 0 Å². The Hall–Kier alpha value is -1.06. The van der Waals surface area contributed by atoms with Gasteiger partial charge in [0.1, 0.15) is 0 Å². The van der Waals surface area contributed by atoms with E-state index < -0.39 is 0 Å². The predicted octanol–water partition coefficient (Wildman–Crippen LogP) is 2.49. The molecule has 0 bridgehead atoms. The molecule has 1 unspecified atom stereocenters. The van der Waals surface area contributed by atoms with Gasteiger partial charge in [0.15, 0.2) is 0 Å². The molecule has 0 amide bonds. The summed E-state index contributed by atoms with van der Waals surface area (Å²) >= 11 is 0. The highest BCUT2D eigenvalue weighted by Gasteiger charge is 2.06. The molecule has 0 aliphatic rings. The van der Waals surface area contributed by atoms with Gasteiger partial charge in [-0.1, -0.05) is 32.6 Å². The minimum absolute atomic E-state index is 0.566. The van der Waals surface area contributed by atoms with E-state index >= 15 is 0 Å². The molecule has 1 atom stereocenters. The molecular weight excluding hydrogens is 214 g/mol. The van der Waals surface area contributed by atoms with Gasteiger partial charge in [-0.25, -0.2) is 0 Å². The summed E-state index contributed by atoms with van der Waals surface area (Å²) in [7, 11) is 3.95. The molecule has 102 valence electrons. The third kappa shape index (κ3) is 9.85. The maximum Gasteiger partial charge on any atom is 0.0369 e. The van der Waals surface area contributed by atoms with E-state index in [2.05, 4.69) is 31.8 Å². The molecule has 0 aromatic rings. The van der Waals surface area contributed by atoms with Gasteiger partial charge in [-0.2, -0.15) is 0 Å². The summed E-state index contributed by atoms with van der Waals surface area (Å²) in [5, 5.41) is 17.2. The highest BCUT2D eigenvalue weighted by atomic mass is 16.2. The van der Waals surface area contributed by atoms with Gasteiger partial charge in [-0.3, -0.25) is 0 Å². The first-order valence-electron chi connectivity index (χ1n) is 5.77. The van der Waals surface area contributed by atoms with Gasteiger partial charge in [0.2, 0.25) is 0 Å². The van der Waals surface area contributed by atoms with Crippen LogP contribution in [0.5, 0.6) is 0 Å². The summed E-state index contributed by atoms with van der Waals surface area (Å²) in [5.41, 5.74) is 2.47. The van der Waals surface area contributed by atoms with Crippen LogP contribution in [0.15, 0.2) is 36.1 Å². The van der Waals surface area contributed by atoms with Gasteiger partial charge < -0.3 is 15.5 Å². The quantitative estimate of drug-likeness (QED) is 0.650. The lowest BCUT2D eigenvalue weighted by Crippen LogP contribution is -2.10. The topological polar surface area (TPSA) is 52.5 Å². The summed E-state index contributed by atoms with van der Waals surface area (Å²) in [6.45, 7) is 10.3. The molecule has 3 heteroatoms. The van der Waals surface area contributed by atoms with Crippen LogP contribution in [-0.4, -0.2) is 31.5 Å². The molecule has 0 fully saturated rings. The first kappa shape index (κ1) is 21.2. The van der Waals surface area contributed by atoms with Gasteiger partial charge in [0, 0.05) is 27.0 Å². The van der Waals surface area contributed by atoms with Crippen molar-refractivity contribution in [2.45, 2.75) is 27.2 Å². The Morgan fingerprint density at radius 3 is 2.00 bits per heavy atom. The van der Waals surface area contributed by atoms with Crippen LogP contribution in [0.4, 0.5) is 0 Å². The SMILES string of the molecule is C=C/C(=C(\C=C/C)NC)C(C)CC.CO.CO. The summed E-state index contributed by atoms with van der Waals surface area (Å²) in [5.74, 6) is 0.566. The molecule has 3 nitrogen and oxygen atoms in total. The molecule has 0 heterocycles. The fraction of sp³-hybridized carbons (Fsp3) is 0.571. The number of rotatable bonds is 5. The molecule has 0 spiro atoms. The van der Waals surface area contributed by atoms with Crippen LogP contribution in [0.25, 0.3) is 0 Å². The Balaban J connectivity index is -0.000000439. The van der Waals surface area contributed by atoms with Crippen molar-refractivity contribution in [2.24, 2.45) is 5.92 Å². The highest BCUT2D eigenvalue weighted by molar-refractivity contribution is 5.32. The third-order valence-electron chi connectivity index (χ3n) is 2.28. The number of likely N-dealkylation sites (N-methyl/N-ethyl adjacent to an activating group) is 1. The number of hydrogen-bond donors (Lipinski definition) is 3. The fourth-order valence-electron chi connectivity index (χ4n) is 1.29. The van der Waals surface area contributed by atoms with Gasteiger partial charge in [-0.15, -0.1) is 0 Å². The van der Waals surface area contributed by atoms with E-state index in [1.165, 1.54) is 11.3 Å². The van der Waals surface area contributed by atoms with Crippen molar-refractivity contribution in [1.82, 2.24) is 5.32 Å². The molecule has 0 radical (unpaired) electrons. The van der Waals surface area contributed by atoms with Crippen molar-refractivity contribution in [1.29, 1.82) is 0 Å². The fourth-order valence-corrected chi connectivity index (χ4v) is 1.29. The normalized spacial score (nSPS) is 12.5. The zero-order chi connectivity index (χ0) is 14.3. The number of aliphatic hydroxyl groups is 2. The van der Waals surface area contributed by atoms with Crippen LogP contribution in [0.3, 0.4) is 0 Å². The molecule has 0 aromatic carbocycles. The molecule has 0 rings (SSSR count). The summed E-state index contributed by atoms with van der Waals surface area (Å²) in [6.07, 6.45) is 7.21.